The van der Waals surface area contributed by atoms with Crippen LogP contribution in [0.3, 0.4) is 0 Å². The summed E-state index contributed by atoms with van der Waals surface area (Å²) in [5.41, 5.74) is 1.90. The molecule has 6 nitrogen and oxygen atoms in total. The smallest absolute Gasteiger partial charge is 0.268 e. The Bertz CT molecular complexity index is 438. The predicted molar refractivity (Wildman–Crippen MR) is 70.1 cm³/mol. The third-order valence-electron chi connectivity index (χ3n) is 3.57. The van der Waals surface area contributed by atoms with Gasteiger partial charge in [-0.25, -0.2) is 5.84 Å². The van der Waals surface area contributed by atoms with Crippen molar-refractivity contribution in [2.75, 3.05) is 13.6 Å². The minimum Gasteiger partial charge on any atom is -0.467 e. The van der Waals surface area contributed by atoms with Crippen LogP contribution in [0, 0.1) is 0 Å². The average Bonchev–Trinajstić information content (AvgIpc) is 2.97. The van der Waals surface area contributed by atoms with Crippen LogP contribution >= 0.6 is 0 Å². The number of rotatable bonds is 5. The van der Waals surface area contributed by atoms with Gasteiger partial charge in [-0.3, -0.25) is 15.1 Å². The van der Waals surface area contributed by atoms with Gasteiger partial charge in [0.2, 0.25) is 0 Å². The van der Waals surface area contributed by atoms with Crippen LogP contribution in [0.5, 0.6) is 0 Å². The van der Waals surface area contributed by atoms with Crippen LogP contribution in [0.2, 0.25) is 0 Å². The maximum absolute atomic E-state index is 11.3. The molecule has 0 unspecified atom stereocenters. The number of hydrogen-bond acceptors (Lipinski definition) is 5. The van der Waals surface area contributed by atoms with E-state index in [1.807, 2.05) is 11.9 Å². The number of nitrogens with zero attached hydrogens (tertiary/aromatic N) is 1. The molecule has 0 spiro atoms. The van der Waals surface area contributed by atoms with Gasteiger partial charge in [-0.2, -0.15) is 0 Å². The zero-order chi connectivity index (χ0) is 13.9. The lowest BCUT2D eigenvalue weighted by Crippen LogP contribution is -2.38. The van der Waals surface area contributed by atoms with Crippen molar-refractivity contribution in [3.8, 4) is 0 Å². The van der Waals surface area contributed by atoms with E-state index >= 15 is 0 Å². The zero-order valence-electron chi connectivity index (χ0n) is 11.2. The first kappa shape index (κ1) is 14.0. The van der Waals surface area contributed by atoms with Crippen molar-refractivity contribution in [2.24, 2.45) is 5.84 Å². The molecule has 1 amide bonds. The second-order valence-electron chi connectivity index (χ2n) is 5.38. The molecular formula is C13H21N3O3. The molecule has 19 heavy (non-hydrogen) atoms. The predicted octanol–water partition coefficient (Wildman–Crippen LogP) is 0.620. The van der Waals surface area contributed by atoms with E-state index in [0.717, 1.165) is 25.7 Å². The van der Waals surface area contributed by atoms with Gasteiger partial charge < -0.3 is 9.52 Å². The van der Waals surface area contributed by atoms with E-state index in [1.54, 1.807) is 6.07 Å². The molecule has 0 bridgehead atoms. The highest BCUT2D eigenvalue weighted by atomic mass is 16.3. The second-order valence-corrected chi connectivity index (χ2v) is 5.38. The third-order valence-corrected chi connectivity index (χ3v) is 3.57. The summed E-state index contributed by atoms with van der Waals surface area (Å²) in [7, 11) is 1.93. The fourth-order valence-corrected chi connectivity index (χ4v) is 2.68. The van der Waals surface area contributed by atoms with E-state index in [4.69, 9.17) is 10.3 Å². The first-order chi connectivity index (χ1) is 9.02. The van der Waals surface area contributed by atoms with Crippen molar-refractivity contribution in [3.63, 3.8) is 0 Å². The second kappa shape index (κ2) is 5.73. The minimum absolute atomic E-state index is 0.368. The van der Waals surface area contributed by atoms with Gasteiger partial charge >= 0.3 is 0 Å². The van der Waals surface area contributed by atoms with Crippen LogP contribution < -0.4 is 11.3 Å². The lowest BCUT2D eigenvalue weighted by molar-refractivity contribution is 0.0131. The number of nitrogens with one attached hydrogen (secondary N) is 1. The summed E-state index contributed by atoms with van der Waals surface area (Å²) in [5.74, 6) is 5.37. The molecule has 6 heteroatoms. The number of hydrogen-bond donors (Lipinski definition) is 3. The highest BCUT2D eigenvalue weighted by Gasteiger charge is 2.32. The van der Waals surface area contributed by atoms with E-state index in [1.165, 1.54) is 6.26 Å². The molecule has 1 aromatic rings. The number of furan rings is 1. The molecule has 1 aliphatic carbocycles. The molecular weight excluding hydrogens is 246 g/mol. The van der Waals surface area contributed by atoms with E-state index in [9.17, 15) is 9.90 Å². The molecule has 0 atom stereocenters. The van der Waals surface area contributed by atoms with Gasteiger partial charge in [-0.1, -0.05) is 12.8 Å². The van der Waals surface area contributed by atoms with Crippen LogP contribution in [-0.2, 0) is 6.54 Å². The number of hydrazine groups is 1. The van der Waals surface area contributed by atoms with Crippen molar-refractivity contribution in [1.29, 1.82) is 0 Å². The molecule has 1 heterocycles. The molecule has 0 radical (unpaired) electrons. The molecule has 0 aliphatic heterocycles. The first-order valence-electron chi connectivity index (χ1n) is 6.52. The largest absolute Gasteiger partial charge is 0.467 e. The topological polar surface area (TPSA) is 91.7 Å². The number of nitrogen functional groups attached to an aromatic ring is 1. The Morgan fingerprint density at radius 3 is 2.89 bits per heavy atom. The Kier molecular flexibility index (Phi) is 4.24. The number of aliphatic hydroxyl groups is 1. The molecule has 1 fully saturated rings. The van der Waals surface area contributed by atoms with Crippen LogP contribution in [0.4, 0.5) is 0 Å². The van der Waals surface area contributed by atoms with Gasteiger partial charge in [0.1, 0.15) is 12.0 Å². The highest BCUT2D eigenvalue weighted by Crippen LogP contribution is 2.30. The van der Waals surface area contributed by atoms with Crippen LogP contribution in [0.1, 0.15) is 41.8 Å². The lowest BCUT2D eigenvalue weighted by atomic mass is 10.0. The summed E-state index contributed by atoms with van der Waals surface area (Å²) in [5, 5.41) is 10.3. The summed E-state index contributed by atoms with van der Waals surface area (Å²) in [6.07, 6.45) is 5.28. The van der Waals surface area contributed by atoms with Crippen molar-refractivity contribution < 1.29 is 14.3 Å². The molecule has 106 valence electrons. The number of carbonyl (C=O) groups is 1. The molecule has 1 aliphatic rings. The molecule has 1 saturated carbocycles. The normalized spacial score (nSPS) is 17.9. The van der Waals surface area contributed by atoms with E-state index in [0.29, 0.717) is 24.4 Å². The molecule has 0 saturated heterocycles. The Morgan fingerprint density at radius 1 is 1.58 bits per heavy atom. The summed E-state index contributed by atoms with van der Waals surface area (Å²) >= 11 is 0. The number of carbonyl (C=O) groups excluding carboxylic acids is 1. The van der Waals surface area contributed by atoms with Gasteiger partial charge in [0, 0.05) is 6.54 Å². The van der Waals surface area contributed by atoms with Crippen molar-refractivity contribution in [3.05, 3.63) is 23.7 Å². The van der Waals surface area contributed by atoms with Gasteiger partial charge in [0.15, 0.2) is 0 Å². The standard InChI is InChI=1S/C13H21N3O3/c1-16(9-13(18)4-2-3-5-13)7-11-6-10(8-19-11)12(17)15-14/h6,8,18H,2-5,7,9,14H2,1H3,(H,15,17). The third kappa shape index (κ3) is 3.56. The monoisotopic (exact) mass is 267 g/mol. The minimum atomic E-state index is -0.571. The molecule has 4 N–H and O–H groups in total. The van der Waals surface area contributed by atoms with Gasteiger partial charge in [0.05, 0.1) is 17.7 Å². The van der Waals surface area contributed by atoms with E-state index in [2.05, 4.69) is 5.43 Å². The highest BCUT2D eigenvalue weighted by molar-refractivity contribution is 5.93. The lowest BCUT2D eigenvalue weighted by Gasteiger charge is -2.27. The van der Waals surface area contributed by atoms with E-state index < -0.39 is 5.60 Å². The Morgan fingerprint density at radius 2 is 2.26 bits per heavy atom. The number of likely N-dealkylation sites (N-methyl/N-ethyl adjacent to an activating group) is 1. The Hall–Kier alpha value is -1.37. The average molecular weight is 267 g/mol. The molecule has 2 rings (SSSR count). The van der Waals surface area contributed by atoms with Crippen molar-refractivity contribution in [1.82, 2.24) is 10.3 Å². The van der Waals surface area contributed by atoms with Crippen molar-refractivity contribution in [2.45, 2.75) is 37.8 Å². The van der Waals surface area contributed by atoms with Crippen LogP contribution in [-0.4, -0.2) is 35.1 Å². The summed E-state index contributed by atoms with van der Waals surface area (Å²) in [6.45, 7) is 1.17. The first-order valence-corrected chi connectivity index (χ1v) is 6.52. The Labute approximate surface area is 112 Å². The van der Waals surface area contributed by atoms with Gasteiger partial charge in [-0.15, -0.1) is 0 Å². The summed E-state index contributed by atoms with van der Waals surface area (Å²) in [4.78, 5) is 13.3. The molecule has 1 aromatic heterocycles. The summed E-state index contributed by atoms with van der Waals surface area (Å²) < 4.78 is 5.32. The quantitative estimate of drug-likeness (QED) is 0.413. The van der Waals surface area contributed by atoms with E-state index in [-0.39, 0.29) is 5.91 Å². The number of nitrogens with two attached hydrogens (primary N) is 1. The van der Waals surface area contributed by atoms with Gasteiger partial charge in [-0.05, 0) is 26.0 Å². The SMILES string of the molecule is CN(Cc1cc(C(=O)NN)co1)CC1(O)CCCC1. The fraction of sp³-hybridized carbons (Fsp3) is 0.615. The van der Waals surface area contributed by atoms with Crippen LogP contribution in [0.15, 0.2) is 16.7 Å². The van der Waals surface area contributed by atoms with Crippen molar-refractivity contribution >= 4 is 5.91 Å². The molecule has 0 aromatic carbocycles. The maximum atomic E-state index is 11.3. The maximum Gasteiger partial charge on any atom is 0.268 e. The van der Waals surface area contributed by atoms with Gasteiger partial charge in [0.25, 0.3) is 5.91 Å². The van der Waals surface area contributed by atoms with Crippen LogP contribution in [0.25, 0.3) is 0 Å². The number of amides is 1. The summed E-state index contributed by atoms with van der Waals surface area (Å²) in [6, 6.07) is 1.66. The fourth-order valence-electron chi connectivity index (χ4n) is 2.68. The zero-order valence-corrected chi connectivity index (χ0v) is 11.2. The Balaban J connectivity index is 1.89.